The van der Waals surface area contributed by atoms with E-state index in [1.54, 1.807) is 4.83 Å². The second kappa shape index (κ2) is 2.22. The highest BCUT2D eigenvalue weighted by molar-refractivity contribution is 7.83. The molecule has 0 atom stereocenters. The molecule has 0 aliphatic rings. The first-order valence-corrected chi connectivity index (χ1v) is 2.91. The van der Waals surface area contributed by atoms with E-state index in [-0.39, 0.29) is 0 Å². The highest BCUT2D eigenvalue weighted by Gasteiger charge is 1.95. The fraction of sp³-hybridized carbons (Fsp3) is 1.00. The second-order valence-corrected chi connectivity index (χ2v) is 1.98. The van der Waals surface area contributed by atoms with Gasteiger partial charge >= 0.3 is 10.3 Å². The van der Waals surface area contributed by atoms with Gasteiger partial charge in [-0.2, -0.15) is 8.42 Å². The molecular weight excluding hydrogens is 120 g/mol. The summed E-state index contributed by atoms with van der Waals surface area (Å²) < 4.78 is 27.0. The van der Waals surface area contributed by atoms with Gasteiger partial charge in [0.25, 0.3) is 0 Å². The van der Waals surface area contributed by atoms with Crippen LogP contribution in [0.1, 0.15) is 0 Å². The standard InChI is InChI=1S/CH6N2O3S/c1-2-3-7(4,5)6/h2-3H,1H3,(H,4,5,6). The van der Waals surface area contributed by atoms with Crippen molar-refractivity contribution in [1.29, 1.82) is 0 Å². The Morgan fingerprint density at radius 1 is 1.57 bits per heavy atom. The summed E-state index contributed by atoms with van der Waals surface area (Å²) in [6.07, 6.45) is 0. The minimum Gasteiger partial charge on any atom is -0.273 e. The van der Waals surface area contributed by atoms with Crippen molar-refractivity contribution >= 4 is 10.3 Å². The van der Waals surface area contributed by atoms with Crippen LogP contribution in [0.2, 0.25) is 0 Å². The van der Waals surface area contributed by atoms with Gasteiger partial charge in [0.1, 0.15) is 0 Å². The van der Waals surface area contributed by atoms with Gasteiger partial charge in [-0.25, -0.2) is 5.43 Å². The third-order valence-electron chi connectivity index (χ3n) is 0.231. The summed E-state index contributed by atoms with van der Waals surface area (Å²) in [4.78, 5) is 1.56. The van der Waals surface area contributed by atoms with Crippen LogP contribution in [0.4, 0.5) is 0 Å². The first-order chi connectivity index (χ1) is 3.06. The number of hydrazine groups is 1. The van der Waals surface area contributed by atoms with Gasteiger partial charge < -0.3 is 0 Å². The van der Waals surface area contributed by atoms with E-state index in [0.717, 1.165) is 0 Å². The molecule has 3 N–H and O–H groups in total. The van der Waals surface area contributed by atoms with Gasteiger partial charge in [-0.15, -0.1) is 4.83 Å². The molecule has 0 saturated heterocycles. The average Bonchev–Trinajstić information content (AvgIpc) is 1.30. The highest BCUT2D eigenvalue weighted by atomic mass is 32.2. The molecule has 0 saturated carbocycles. The predicted molar refractivity (Wildman–Crippen MR) is 23.7 cm³/mol. The van der Waals surface area contributed by atoms with Crippen molar-refractivity contribution in [3.8, 4) is 0 Å². The Labute approximate surface area is 41.6 Å². The molecule has 0 rings (SSSR count). The number of rotatable bonds is 2. The number of hydrogen-bond donors (Lipinski definition) is 3. The molecule has 0 spiro atoms. The van der Waals surface area contributed by atoms with Crippen molar-refractivity contribution in [2.45, 2.75) is 0 Å². The fourth-order valence-corrected chi connectivity index (χ4v) is 0.387. The van der Waals surface area contributed by atoms with Gasteiger partial charge in [-0.1, -0.05) is 0 Å². The third-order valence-corrected chi connectivity index (χ3v) is 0.693. The maximum atomic E-state index is 9.61. The van der Waals surface area contributed by atoms with E-state index in [9.17, 15) is 8.42 Å². The predicted octanol–water partition coefficient (Wildman–Crippen LogP) is -1.49. The molecule has 0 aliphatic heterocycles. The molecule has 0 unspecified atom stereocenters. The Morgan fingerprint density at radius 2 is 2.00 bits per heavy atom. The summed E-state index contributed by atoms with van der Waals surface area (Å²) in [7, 11) is -2.71. The number of nitrogens with one attached hydrogen (secondary N) is 2. The minimum atomic E-state index is -4.04. The van der Waals surface area contributed by atoms with Crippen molar-refractivity contribution in [3.63, 3.8) is 0 Å². The lowest BCUT2D eigenvalue weighted by Crippen LogP contribution is -2.33. The van der Waals surface area contributed by atoms with Crippen LogP contribution in [0.3, 0.4) is 0 Å². The smallest absolute Gasteiger partial charge is 0.273 e. The highest BCUT2D eigenvalue weighted by Crippen LogP contribution is 1.61. The second-order valence-electron chi connectivity index (χ2n) is 0.827. The Kier molecular flexibility index (Phi) is 2.16. The molecule has 7 heavy (non-hydrogen) atoms. The molecule has 5 nitrogen and oxygen atoms in total. The van der Waals surface area contributed by atoms with Crippen molar-refractivity contribution < 1.29 is 13.0 Å². The molecule has 0 amide bonds. The largest absolute Gasteiger partial charge is 0.346 e. The van der Waals surface area contributed by atoms with Crippen LogP contribution in [0, 0.1) is 0 Å². The lowest BCUT2D eigenvalue weighted by molar-refractivity contribution is 0.459. The van der Waals surface area contributed by atoms with Crippen molar-refractivity contribution in [2.75, 3.05) is 7.05 Å². The van der Waals surface area contributed by atoms with E-state index in [0.29, 0.717) is 0 Å². The van der Waals surface area contributed by atoms with Crippen LogP contribution in [0.15, 0.2) is 0 Å². The van der Waals surface area contributed by atoms with Crippen LogP contribution in [-0.2, 0) is 10.3 Å². The van der Waals surface area contributed by atoms with Crippen LogP contribution < -0.4 is 10.3 Å². The average molecular weight is 126 g/mol. The third kappa shape index (κ3) is 5.83. The van der Waals surface area contributed by atoms with E-state index in [4.69, 9.17) is 4.55 Å². The molecular formula is CH6N2O3S. The molecule has 0 aromatic rings. The summed E-state index contributed by atoms with van der Waals surface area (Å²) in [5.74, 6) is 0. The zero-order valence-corrected chi connectivity index (χ0v) is 4.49. The lowest BCUT2D eigenvalue weighted by Gasteiger charge is -1.92. The molecule has 0 aliphatic carbocycles. The molecule has 44 valence electrons. The maximum absolute atomic E-state index is 9.61. The normalized spacial score (nSPS) is 11.7. The van der Waals surface area contributed by atoms with Gasteiger partial charge in [-0.05, 0) is 7.05 Å². The Hall–Kier alpha value is -0.170. The molecule has 0 bridgehead atoms. The van der Waals surface area contributed by atoms with Crippen LogP contribution >= 0.6 is 0 Å². The van der Waals surface area contributed by atoms with Crippen LogP contribution in [0.5, 0.6) is 0 Å². The van der Waals surface area contributed by atoms with Gasteiger partial charge in [0, 0.05) is 0 Å². The summed E-state index contributed by atoms with van der Waals surface area (Å²) in [5, 5.41) is 0. The number of hydrogen-bond acceptors (Lipinski definition) is 3. The van der Waals surface area contributed by atoms with Gasteiger partial charge in [0.05, 0.1) is 0 Å². The lowest BCUT2D eigenvalue weighted by atomic mass is 11.5. The summed E-state index contributed by atoms with van der Waals surface area (Å²) in [6.45, 7) is 0. The van der Waals surface area contributed by atoms with Crippen molar-refractivity contribution in [2.24, 2.45) is 0 Å². The van der Waals surface area contributed by atoms with E-state index in [1.165, 1.54) is 7.05 Å². The van der Waals surface area contributed by atoms with Gasteiger partial charge in [0.2, 0.25) is 0 Å². The SMILES string of the molecule is CNNS(=O)(=O)O. The van der Waals surface area contributed by atoms with E-state index in [2.05, 4.69) is 0 Å². The molecule has 0 fully saturated rings. The monoisotopic (exact) mass is 126 g/mol. The first-order valence-electron chi connectivity index (χ1n) is 1.47. The summed E-state index contributed by atoms with van der Waals surface area (Å²) in [5.41, 5.74) is 2.02. The maximum Gasteiger partial charge on any atom is 0.346 e. The fourth-order valence-electron chi connectivity index (χ4n) is 0.129. The van der Waals surface area contributed by atoms with Crippen molar-refractivity contribution in [1.82, 2.24) is 10.3 Å². The Morgan fingerprint density at radius 3 is 2.00 bits per heavy atom. The van der Waals surface area contributed by atoms with Crippen LogP contribution in [0.25, 0.3) is 0 Å². The topological polar surface area (TPSA) is 78.4 Å². The van der Waals surface area contributed by atoms with Gasteiger partial charge in [0.15, 0.2) is 0 Å². The first kappa shape index (κ1) is 6.83. The summed E-state index contributed by atoms with van der Waals surface area (Å²) in [6, 6.07) is 0. The Balaban J connectivity index is 3.60. The van der Waals surface area contributed by atoms with E-state index in [1.807, 2.05) is 5.43 Å². The molecule has 0 aromatic heterocycles. The molecule has 6 heteroatoms. The van der Waals surface area contributed by atoms with Gasteiger partial charge in [-0.3, -0.25) is 4.55 Å². The Bertz CT molecular complexity index is 126. The van der Waals surface area contributed by atoms with Crippen LogP contribution in [-0.4, -0.2) is 20.0 Å². The minimum absolute atomic E-state index is 1.33. The zero-order valence-electron chi connectivity index (χ0n) is 3.67. The molecule has 0 heterocycles. The van der Waals surface area contributed by atoms with E-state index >= 15 is 0 Å². The molecule has 0 aromatic carbocycles. The van der Waals surface area contributed by atoms with Crippen molar-refractivity contribution in [3.05, 3.63) is 0 Å². The molecule has 0 radical (unpaired) electrons. The summed E-state index contributed by atoms with van der Waals surface area (Å²) >= 11 is 0. The van der Waals surface area contributed by atoms with E-state index < -0.39 is 10.3 Å². The quantitative estimate of drug-likeness (QED) is 0.311. The zero-order chi connectivity index (χ0) is 5.91.